The summed E-state index contributed by atoms with van der Waals surface area (Å²) in [5.41, 5.74) is 1.89. The van der Waals surface area contributed by atoms with Crippen molar-refractivity contribution in [1.82, 2.24) is 0 Å². The first-order valence-electron chi connectivity index (χ1n) is 7.58. The van der Waals surface area contributed by atoms with Gasteiger partial charge in [-0.1, -0.05) is 30.3 Å². The van der Waals surface area contributed by atoms with Crippen LogP contribution in [0, 0.1) is 5.21 Å². The van der Waals surface area contributed by atoms with Crippen LogP contribution in [0.2, 0.25) is 0 Å². The number of quaternary nitrogens is 1. The van der Waals surface area contributed by atoms with Gasteiger partial charge in [0.15, 0.2) is 11.3 Å². The predicted molar refractivity (Wildman–Crippen MR) is 93.2 cm³/mol. The quantitative estimate of drug-likeness (QED) is 0.593. The Morgan fingerprint density at radius 3 is 2.39 bits per heavy atom. The molecule has 0 aliphatic carbocycles. The molecule has 0 radical (unpaired) electrons. The first-order valence-corrected chi connectivity index (χ1v) is 7.58. The predicted octanol–water partition coefficient (Wildman–Crippen LogP) is 3.53. The van der Waals surface area contributed by atoms with Gasteiger partial charge in [0, 0.05) is 17.7 Å². The van der Waals surface area contributed by atoms with Gasteiger partial charge in [0.1, 0.15) is 6.54 Å². The lowest BCUT2D eigenvalue weighted by molar-refractivity contribution is -0.848. The standard InChI is InChI=1S/C18H18N2O2.ClH/c1-20(22)12-11-18(13-20)17(21)15-9-5-6-10-16(15)19(18)14-7-3-2-4-8-14;/h2-10H,11-13H2,1H3;1H. The summed E-state index contributed by atoms with van der Waals surface area (Å²) in [6, 6.07) is 17.6. The van der Waals surface area contributed by atoms with Crippen molar-refractivity contribution in [3.05, 3.63) is 65.4 Å². The fraction of sp³-hybridized carbons (Fsp3) is 0.278. The number of para-hydroxylation sites is 2. The normalized spacial score (nSPS) is 28.8. The molecule has 1 saturated heterocycles. The minimum Gasteiger partial charge on any atom is -0.633 e. The number of rotatable bonds is 1. The van der Waals surface area contributed by atoms with Gasteiger partial charge in [-0.2, -0.15) is 0 Å². The molecule has 2 unspecified atom stereocenters. The molecule has 1 spiro atoms. The van der Waals surface area contributed by atoms with Crippen LogP contribution in [0.5, 0.6) is 0 Å². The van der Waals surface area contributed by atoms with Gasteiger partial charge in [-0.05, 0) is 24.3 Å². The van der Waals surface area contributed by atoms with Crippen LogP contribution in [0.15, 0.2) is 54.6 Å². The highest BCUT2D eigenvalue weighted by atomic mass is 35.5. The van der Waals surface area contributed by atoms with Gasteiger partial charge in [-0.3, -0.25) is 4.79 Å². The Kier molecular flexibility index (Phi) is 3.71. The van der Waals surface area contributed by atoms with Gasteiger partial charge in [0.25, 0.3) is 0 Å². The summed E-state index contributed by atoms with van der Waals surface area (Å²) in [6.45, 7) is 0.776. The first-order chi connectivity index (χ1) is 10.5. The summed E-state index contributed by atoms with van der Waals surface area (Å²) in [5, 5.41) is 12.5. The van der Waals surface area contributed by atoms with E-state index in [4.69, 9.17) is 0 Å². The lowest BCUT2D eigenvalue weighted by Gasteiger charge is -2.39. The molecule has 2 atom stereocenters. The molecule has 2 aromatic carbocycles. The number of halogens is 1. The van der Waals surface area contributed by atoms with Crippen molar-refractivity contribution >= 4 is 29.6 Å². The zero-order valence-corrected chi connectivity index (χ0v) is 13.8. The molecule has 23 heavy (non-hydrogen) atoms. The molecule has 120 valence electrons. The van der Waals surface area contributed by atoms with Crippen molar-refractivity contribution in [2.45, 2.75) is 12.0 Å². The number of Topliss-reactive ketones (excluding diaryl/α,β-unsaturated/α-hetero) is 1. The number of anilines is 2. The van der Waals surface area contributed by atoms with E-state index in [1.54, 1.807) is 7.05 Å². The van der Waals surface area contributed by atoms with Crippen molar-refractivity contribution in [1.29, 1.82) is 0 Å². The highest BCUT2D eigenvalue weighted by Crippen LogP contribution is 2.48. The molecule has 1 fully saturated rings. The van der Waals surface area contributed by atoms with E-state index in [1.165, 1.54) is 0 Å². The number of fused-ring (bicyclic) bond motifs is 1. The van der Waals surface area contributed by atoms with Gasteiger partial charge in [-0.15, -0.1) is 12.4 Å². The molecule has 0 bridgehead atoms. The number of hydroxylamine groups is 3. The van der Waals surface area contributed by atoms with E-state index in [-0.39, 0.29) is 22.8 Å². The van der Waals surface area contributed by atoms with E-state index < -0.39 is 5.54 Å². The lowest BCUT2D eigenvalue weighted by Crippen LogP contribution is -2.52. The number of hydrogen-bond acceptors (Lipinski definition) is 3. The highest BCUT2D eigenvalue weighted by molar-refractivity contribution is 6.16. The second kappa shape index (κ2) is 5.34. The van der Waals surface area contributed by atoms with Gasteiger partial charge < -0.3 is 14.8 Å². The molecule has 0 amide bonds. The van der Waals surface area contributed by atoms with E-state index in [2.05, 4.69) is 4.90 Å². The van der Waals surface area contributed by atoms with Crippen molar-refractivity contribution < 1.29 is 9.44 Å². The molecular formula is C18H19ClN2O2. The van der Waals surface area contributed by atoms with Gasteiger partial charge >= 0.3 is 0 Å². The van der Waals surface area contributed by atoms with Gasteiger partial charge in [0.05, 0.1) is 19.3 Å². The van der Waals surface area contributed by atoms with E-state index in [9.17, 15) is 10.0 Å². The number of ketones is 1. The molecule has 4 rings (SSSR count). The topological polar surface area (TPSA) is 43.4 Å². The summed E-state index contributed by atoms with van der Waals surface area (Å²) >= 11 is 0. The van der Waals surface area contributed by atoms with Crippen LogP contribution in [0.3, 0.4) is 0 Å². The fourth-order valence-corrected chi connectivity index (χ4v) is 3.91. The molecule has 2 aliphatic heterocycles. The molecule has 2 aliphatic rings. The minimum absolute atomic E-state index is 0. The smallest absolute Gasteiger partial charge is 0.196 e. The average molecular weight is 331 g/mol. The Bertz CT molecular complexity index is 748. The monoisotopic (exact) mass is 330 g/mol. The Balaban J connectivity index is 0.00000156. The van der Waals surface area contributed by atoms with Crippen LogP contribution in [0.25, 0.3) is 0 Å². The van der Waals surface area contributed by atoms with Gasteiger partial charge in [0.2, 0.25) is 0 Å². The van der Waals surface area contributed by atoms with Crippen molar-refractivity contribution in [3.8, 4) is 0 Å². The van der Waals surface area contributed by atoms with Crippen LogP contribution in [0.1, 0.15) is 16.8 Å². The van der Waals surface area contributed by atoms with E-state index in [0.29, 0.717) is 19.5 Å². The number of carbonyl (C=O) groups is 1. The summed E-state index contributed by atoms with van der Waals surface area (Å²) in [4.78, 5) is 15.2. The van der Waals surface area contributed by atoms with Crippen molar-refractivity contribution in [2.24, 2.45) is 0 Å². The second-order valence-electron chi connectivity index (χ2n) is 6.48. The molecule has 5 heteroatoms. The van der Waals surface area contributed by atoms with E-state index in [1.807, 2.05) is 54.6 Å². The second-order valence-corrected chi connectivity index (χ2v) is 6.48. The largest absolute Gasteiger partial charge is 0.633 e. The van der Waals surface area contributed by atoms with E-state index >= 15 is 0 Å². The number of likely N-dealkylation sites (N-methyl/N-ethyl adjacent to an activating group) is 1. The Labute approximate surface area is 141 Å². The van der Waals surface area contributed by atoms with Crippen LogP contribution < -0.4 is 4.90 Å². The third-order valence-corrected chi connectivity index (χ3v) is 4.85. The van der Waals surface area contributed by atoms with Crippen LogP contribution in [0.4, 0.5) is 11.4 Å². The summed E-state index contributed by atoms with van der Waals surface area (Å²) < 4.78 is -0.358. The summed E-state index contributed by atoms with van der Waals surface area (Å²) in [7, 11) is 1.66. The lowest BCUT2D eigenvalue weighted by atomic mass is 9.91. The molecule has 4 nitrogen and oxygen atoms in total. The maximum absolute atomic E-state index is 13.1. The van der Waals surface area contributed by atoms with Crippen LogP contribution >= 0.6 is 12.4 Å². The Morgan fingerprint density at radius 2 is 1.74 bits per heavy atom. The van der Waals surface area contributed by atoms with E-state index in [0.717, 1.165) is 16.9 Å². The van der Waals surface area contributed by atoms with Crippen LogP contribution in [-0.4, -0.2) is 36.1 Å². The third kappa shape index (κ3) is 2.26. The Hall–Kier alpha value is -1.88. The molecule has 0 aromatic heterocycles. The van der Waals surface area contributed by atoms with Crippen molar-refractivity contribution in [3.63, 3.8) is 0 Å². The number of hydrogen-bond donors (Lipinski definition) is 0. The number of carbonyl (C=O) groups excluding carboxylic acids is 1. The SMILES string of the molecule is C[N+]1([O-])CCC2(C1)C(=O)c1ccccc1N2c1ccccc1.Cl. The number of benzene rings is 2. The first kappa shape index (κ1) is 16.0. The fourth-order valence-electron chi connectivity index (χ4n) is 3.91. The highest BCUT2D eigenvalue weighted by Gasteiger charge is 2.58. The molecule has 0 N–H and O–H groups in total. The third-order valence-electron chi connectivity index (χ3n) is 4.85. The number of likely N-dealkylation sites (tertiary alicyclic amines) is 1. The van der Waals surface area contributed by atoms with Crippen molar-refractivity contribution in [2.75, 3.05) is 25.0 Å². The van der Waals surface area contributed by atoms with Gasteiger partial charge in [-0.25, -0.2) is 0 Å². The molecule has 2 aromatic rings. The Morgan fingerprint density at radius 1 is 1.09 bits per heavy atom. The summed E-state index contributed by atoms with van der Waals surface area (Å²) in [5.74, 6) is 0.0876. The maximum Gasteiger partial charge on any atom is 0.196 e. The average Bonchev–Trinajstić information content (AvgIpc) is 2.96. The maximum atomic E-state index is 13.1. The molecular weight excluding hydrogens is 312 g/mol. The zero-order chi connectivity index (χ0) is 15.4. The molecule has 2 heterocycles. The zero-order valence-electron chi connectivity index (χ0n) is 12.9. The molecule has 0 saturated carbocycles. The van der Waals surface area contributed by atoms with Crippen LogP contribution in [-0.2, 0) is 0 Å². The summed E-state index contributed by atoms with van der Waals surface area (Å²) in [6.07, 6.45) is 0.593. The number of nitrogens with zero attached hydrogens (tertiary/aromatic N) is 2. The minimum atomic E-state index is -0.735.